The van der Waals surface area contributed by atoms with Gasteiger partial charge in [-0.1, -0.05) is 6.07 Å². The Morgan fingerprint density at radius 2 is 1.96 bits per heavy atom. The molecule has 1 saturated heterocycles. The SMILES string of the molecule is Cc1nc(-c2ccc(NC(=O)C(c3cccnc3)N3CCCC3)cc2)n[nH]1. The van der Waals surface area contributed by atoms with Crippen LogP contribution < -0.4 is 5.32 Å². The molecule has 138 valence electrons. The smallest absolute Gasteiger partial charge is 0.246 e. The van der Waals surface area contributed by atoms with Crippen molar-refractivity contribution in [3.63, 3.8) is 0 Å². The molecule has 4 rings (SSSR count). The Hall–Kier alpha value is -3.06. The Morgan fingerprint density at radius 1 is 1.19 bits per heavy atom. The van der Waals surface area contributed by atoms with Gasteiger partial charge in [0, 0.05) is 23.6 Å². The Morgan fingerprint density at radius 3 is 2.59 bits per heavy atom. The van der Waals surface area contributed by atoms with Crippen molar-refractivity contribution in [3.8, 4) is 11.4 Å². The van der Waals surface area contributed by atoms with Gasteiger partial charge in [0.2, 0.25) is 5.91 Å². The maximum Gasteiger partial charge on any atom is 0.246 e. The number of hydrogen-bond acceptors (Lipinski definition) is 5. The zero-order valence-electron chi connectivity index (χ0n) is 15.2. The first-order valence-electron chi connectivity index (χ1n) is 9.15. The first-order valence-corrected chi connectivity index (χ1v) is 9.15. The predicted molar refractivity (Wildman–Crippen MR) is 103 cm³/mol. The number of rotatable bonds is 5. The third-order valence-electron chi connectivity index (χ3n) is 4.76. The monoisotopic (exact) mass is 362 g/mol. The minimum absolute atomic E-state index is 0.0358. The summed E-state index contributed by atoms with van der Waals surface area (Å²) in [6.45, 7) is 3.72. The van der Waals surface area contributed by atoms with Crippen molar-refractivity contribution >= 4 is 11.6 Å². The summed E-state index contributed by atoms with van der Waals surface area (Å²) in [7, 11) is 0. The van der Waals surface area contributed by atoms with E-state index in [-0.39, 0.29) is 11.9 Å². The number of likely N-dealkylation sites (tertiary alicyclic amines) is 1. The zero-order valence-corrected chi connectivity index (χ0v) is 15.2. The van der Waals surface area contributed by atoms with Gasteiger partial charge in [-0.25, -0.2) is 4.98 Å². The van der Waals surface area contributed by atoms with E-state index in [1.54, 1.807) is 12.4 Å². The van der Waals surface area contributed by atoms with E-state index in [0.29, 0.717) is 5.82 Å². The van der Waals surface area contributed by atoms with Crippen LogP contribution in [0.4, 0.5) is 5.69 Å². The molecule has 1 atom stereocenters. The Bertz CT molecular complexity index is 900. The summed E-state index contributed by atoms with van der Waals surface area (Å²) in [5.74, 6) is 1.38. The van der Waals surface area contributed by atoms with Crippen LogP contribution in [0.2, 0.25) is 0 Å². The molecule has 7 heteroatoms. The number of nitrogens with zero attached hydrogens (tertiary/aromatic N) is 4. The summed E-state index contributed by atoms with van der Waals surface area (Å²) in [6.07, 6.45) is 5.74. The number of carbonyl (C=O) groups is 1. The summed E-state index contributed by atoms with van der Waals surface area (Å²) in [4.78, 5) is 23.8. The fourth-order valence-corrected chi connectivity index (χ4v) is 3.45. The summed E-state index contributed by atoms with van der Waals surface area (Å²) >= 11 is 0. The number of aryl methyl sites for hydroxylation is 1. The van der Waals surface area contributed by atoms with Crippen molar-refractivity contribution < 1.29 is 4.79 Å². The first-order chi connectivity index (χ1) is 13.2. The van der Waals surface area contributed by atoms with Crippen molar-refractivity contribution in [1.82, 2.24) is 25.1 Å². The van der Waals surface area contributed by atoms with Gasteiger partial charge >= 0.3 is 0 Å². The minimum Gasteiger partial charge on any atom is -0.324 e. The standard InChI is InChI=1S/C20H22N6O/c1-14-22-19(25-24-14)15-6-8-17(9-7-15)23-20(27)18(26-11-2-3-12-26)16-5-4-10-21-13-16/h4-10,13,18H,2-3,11-12H2,1H3,(H,23,27)(H,22,24,25). The number of pyridine rings is 1. The number of amides is 1. The van der Waals surface area contributed by atoms with E-state index in [2.05, 4.69) is 30.4 Å². The molecule has 1 aliphatic rings. The van der Waals surface area contributed by atoms with Crippen LogP contribution in [0.25, 0.3) is 11.4 Å². The maximum absolute atomic E-state index is 13.0. The van der Waals surface area contributed by atoms with Crippen molar-refractivity contribution in [3.05, 3.63) is 60.2 Å². The third-order valence-corrected chi connectivity index (χ3v) is 4.76. The number of aromatic nitrogens is 4. The molecule has 1 unspecified atom stereocenters. The molecule has 1 fully saturated rings. The lowest BCUT2D eigenvalue weighted by molar-refractivity contribution is -0.121. The van der Waals surface area contributed by atoms with E-state index in [1.807, 2.05) is 43.3 Å². The van der Waals surface area contributed by atoms with Gasteiger partial charge < -0.3 is 5.32 Å². The van der Waals surface area contributed by atoms with E-state index in [1.165, 1.54) is 0 Å². The van der Waals surface area contributed by atoms with E-state index >= 15 is 0 Å². The van der Waals surface area contributed by atoms with E-state index in [0.717, 1.165) is 48.6 Å². The normalized spacial score (nSPS) is 15.6. The maximum atomic E-state index is 13.0. The van der Waals surface area contributed by atoms with Gasteiger partial charge in [0.15, 0.2) is 5.82 Å². The number of anilines is 1. The molecule has 0 bridgehead atoms. The van der Waals surface area contributed by atoms with Crippen LogP contribution in [-0.2, 0) is 4.79 Å². The number of hydrogen-bond donors (Lipinski definition) is 2. The van der Waals surface area contributed by atoms with Crippen LogP contribution in [0.3, 0.4) is 0 Å². The quantitative estimate of drug-likeness (QED) is 0.729. The highest BCUT2D eigenvalue weighted by atomic mass is 16.2. The second kappa shape index (κ2) is 7.67. The molecule has 1 aliphatic heterocycles. The fourth-order valence-electron chi connectivity index (χ4n) is 3.45. The van der Waals surface area contributed by atoms with Crippen molar-refractivity contribution in [1.29, 1.82) is 0 Å². The Balaban J connectivity index is 1.52. The molecule has 2 aromatic heterocycles. The molecule has 7 nitrogen and oxygen atoms in total. The van der Waals surface area contributed by atoms with Crippen LogP contribution in [-0.4, -0.2) is 44.1 Å². The van der Waals surface area contributed by atoms with Crippen LogP contribution in [0.15, 0.2) is 48.8 Å². The highest BCUT2D eigenvalue weighted by Gasteiger charge is 2.29. The number of carbonyl (C=O) groups excluding carboxylic acids is 1. The fraction of sp³-hybridized carbons (Fsp3) is 0.300. The van der Waals surface area contributed by atoms with Crippen LogP contribution in [0.1, 0.15) is 30.3 Å². The number of H-pyrrole nitrogens is 1. The molecule has 27 heavy (non-hydrogen) atoms. The molecule has 2 N–H and O–H groups in total. The first kappa shape index (κ1) is 17.4. The van der Waals surface area contributed by atoms with E-state index in [4.69, 9.17) is 0 Å². The Kier molecular flexibility index (Phi) is 4.93. The average molecular weight is 362 g/mol. The Labute approximate surface area is 157 Å². The lowest BCUT2D eigenvalue weighted by Crippen LogP contribution is -2.35. The molecular formula is C20H22N6O. The molecule has 1 amide bonds. The largest absolute Gasteiger partial charge is 0.324 e. The van der Waals surface area contributed by atoms with E-state index < -0.39 is 0 Å². The lowest BCUT2D eigenvalue weighted by atomic mass is 10.1. The summed E-state index contributed by atoms with van der Waals surface area (Å²) in [5.41, 5.74) is 2.58. The van der Waals surface area contributed by atoms with Gasteiger partial charge in [0.05, 0.1) is 0 Å². The van der Waals surface area contributed by atoms with Gasteiger partial charge in [0.1, 0.15) is 11.9 Å². The zero-order chi connectivity index (χ0) is 18.6. The molecule has 0 radical (unpaired) electrons. The highest BCUT2D eigenvalue weighted by Crippen LogP contribution is 2.26. The van der Waals surface area contributed by atoms with Crippen LogP contribution in [0, 0.1) is 6.92 Å². The topological polar surface area (TPSA) is 86.8 Å². The van der Waals surface area contributed by atoms with E-state index in [9.17, 15) is 4.79 Å². The van der Waals surface area contributed by atoms with Gasteiger partial charge in [-0.2, -0.15) is 5.10 Å². The summed E-state index contributed by atoms with van der Waals surface area (Å²) in [6, 6.07) is 11.1. The molecular weight excluding hydrogens is 340 g/mol. The summed E-state index contributed by atoms with van der Waals surface area (Å²) in [5, 5.41) is 10.0. The number of nitrogens with one attached hydrogen (secondary N) is 2. The van der Waals surface area contributed by atoms with Crippen molar-refractivity contribution in [2.75, 3.05) is 18.4 Å². The average Bonchev–Trinajstić information content (AvgIpc) is 3.36. The van der Waals surface area contributed by atoms with Gasteiger partial charge in [0.25, 0.3) is 0 Å². The molecule has 3 aromatic rings. The second-order valence-electron chi connectivity index (χ2n) is 6.74. The van der Waals surface area contributed by atoms with Gasteiger partial charge in [-0.15, -0.1) is 0 Å². The second-order valence-corrected chi connectivity index (χ2v) is 6.74. The van der Waals surface area contributed by atoms with Gasteiger partial charge in [-0.05, 0) is 68.8 Å². The highest BCUT2D eigenvalue weighted by molar-refractivity contribution is 5.95. The number of benzene rings is 1. The molecule has 0 saturated carbocycles. The molecule has 0 spiro atoms. The summed E-state index contributed by atoms with van der Waals surface area (Å²) < 4.78 is 0. The third kappa shape index (κ3) is 3.88. The molecule has 1 aromatic carbocycles. The van der Waals surface area contributed by atoms with Crippen LogP contribution in [0.5, 0.6) is 0 Å². The minimum atomic E-state index is -0.323. The van der Waals surface area contributed by atoms with Crippen LogP contribution >= 0.6 is 0 Å². The van der Waals surface area contributed by atoms with Crippen molar-refractivity contribution in [2.45, 2.75) is 25.8 Å². The molecule has 0 aliphatic carbocycles. The molecule has 3 heterocycles. The van der Waals surface area contributed by atoms with Gasteiger partial charge in [-0.3, -0.25) is 19.8 Å². The number of aromatic amines is 1. The predicted octanol–water partition coefficient (Wildman–Crippen LogP) is 2.95. The lowest BCUT2D eigenvalue weighted by Gasteiger charge is -2.26. The van der Waals surface area contributed by atoms with Crippen molar-refractivity contribution in [2.24, 2.45) is 0 Å².